The van der Waals surface area contributed by atoms with Crippen LogP contribution in [0.2, 0.25) is 0 Å². The fourth-order valence-corrected chi connectivity index (χ4v) is 5.16. The summed E-state index contributed by atoms with van der Waals surface area (Å²) in [6.45, 7) is 5.99. The average molecular weight is 477 g/mol. The highest BCUT2D eigenvalue weighted by Crippen LogP contribution is 2.48. The van der Waals surface area contributed by atoms with Crippen LogP contribution in [0.5, 0.6) is 11.5 Å². The molecule has 2 aliphatic rings. The number of hydrogen-bond acceptors (Lipinski definition) is 8. The molecule has 2 heterocycles. The molecule has 0 amide bonds. The number of carbonyl (C=O) groups is 2. The molecule has 1 fully saturated rings. The lowest BCUT2D eigenvalue weighted by Crippen LogP contribution is -2.45. The van der Waals surface area contributed by atoms with E-state index in [-0.39, 0.29) is 5.41 Å². The molecule has 0 saturated carbocycles. The second-order valence-electron chi connectivity index (χ2n) is 8.35. The highest BCUT2D eigenvalue weighted by atomic mass is 16.5. The van der Waals surface area contributed by atoms with Crippen molar-refractivity contribution in [2.75, 3.05) is 44.6 Å². The zero-order chi connectivity index (χ0) is 25.4. The molecule has 1 aliphatic carbocycles. The first-order valence-corrected chi connectivity index (χ1v) is 11.4. The molecule has 1 aliphatic heterocycles. The number of nitrogens with one attached hydrogen (secondary N) is 1. The molecular weight excluding hydrogens is 444 g/mol. The van der Waals surface area contributed by atoms with Crippen molar-refractivity contribution in [2.45, 2.75) is 24.7 Å². The van der Waals surface area contributed by atoms with Gasteiger partial charge in [0.2, 0.25) is 5.95 Å². The smallest absolute Gasteiger partial charge is 0.222 e. The number of aromatic nitrogens is 2. The summed E-state index contributed by atoms with van der Waals surface area (Å²) >= 11 is 0. The molecule has 1 saturated heterocycles. The first-order chi connectivity index (χ1) is 17.2. The standard InChI is InChI=1S/C25H28N4O2.2CH2O/c1-26-24-27-16-17-15-25(20-7-5-4-6-19(20)23(17)28-24)10-12-29(13-11-25)18-8-9-21(30-2)22(14-18)31-3;2*1-2/h4-9,14,16H,10-13,15H2,1-3H3,(H,26,27,28);2*1H2. The number of methoxy groups -OCH3 is 2. The maximum atomic E-state index is 8.00. The van der Waals surface area contributed by atoms with Crippen LogP contribution in [0.15, 0.2) is 48.7 Å². The van der Waals surface area contributed by atoms with Gasteiger partial charge < -0.3 is 29.3 Å². The van der Waals surface area contributed by atoms with E-state index in [0.29, 0.717) is 5.95 Å². The SMILES string of the molecule is C=O.C=O.CNc1ncc2c(n1)-c1ccccc1C1(CCN(c3ccc(OC)c(OC)c3)CC1)C2. The first kappa shape index (κ1) is 25.7. The second kappa shape index (κ2) is 11.5. The molecular formula is C27H32N4O4. The fourth-order valence-electron chi connectivity index (χ4n) is 5.16. The number of fused-ring (bicyclic) bond motifs is 4. The average Bonchev–Trinajstić information content (AvgIpc) is 2.95. The van der Waals surface area contributed by atoms with Crippen molar-refractivity contribution in [1.29, 1.82) is 0 Å². The predicted molar refractivity (Wildman–Crippen MR) is 138 cm³/mol. The van der Waals surface area contributed by atoms with Gasteiger partial charge in [-0.05, 0) is 42.5 Å². The van der Waals surface area contributed by atoms with Crippen LogP contribution < -0.4 is 19.7 Å². The summed E-state index contributed by atoms with van der Waals surface area (Å²) in [6.07, 6.45) is 5.17. The number of ether oxygens (including phenoxy) is 2. The Morgan fingerprint density at radius 3 is 2.31 bits per heavy atom. The summed E-state index contributed by atoms with van der Waals surface area (Å²) in [7, 11) is 5.22. The van der Waals surface area contributed by atoms with E-state index in [1.165, 1.54) is 22.4 Å². The van der Waals surface area contributed by atoms with Crippen molar-refractivity contribution >= 4 is 25.2 Å². The van der Waals surface area contributed by atoms with E-state index in [4.69, 9.17) is 24.0 Å². The maximum Gasteiger partial charge on any atom is 0.222 e. The molecule has 3 aromatic rings. The molecule has 0 bridgehead atoms. The maximum absolute atomic E-state index is 8.00. The number of piperidine rings is 1. The van der Waals surface area contributed by atoms with Gasteiger partial charge >= 0.3 is 0 Å². The van der Waals surface area contributed by atoms with Crippen LogP contribution in [-0.2, 0) is 21.4 Å². The Hall–Kier alpha value is -3.94. The van der Waals surface area contributed by atoms with Crippen molar-refractivity contribution in [3.8, 4) is 22.8 Å². The van der Waals surface area contributed by atoms with Crippen molar-refractivity contribution in [2.24, 2.45) is 0 Å². The van der Waals surface area contributed by atoms with Gasteiger partial charge in [-0.25, -0.2) is 9.97 Å². The van der Waals surface area contributed by atoms with Crippen LogP contribution in [-0.4, -0.2) is 57.9 Å². The Balaban J connectivity index is 0.000000815. The molecule has 2 aromatic carbocycles. The Kier molecular flexibility index (Phi) is 8.41. The molecule has 1 N–H and O–H groups in total. The van der Waals surface area contributed by atoms with Gasteiger partial charge in [0, 0.05) is 49.1 Å². The van der Waals surface area contributed by atoms with Crippen molar-refractivity contribution in [3.63, 3.8) is 0 Å². The molecule has 184 valence electrons. The molecule has 0 unspecified atom stereocenters. The van der Waals surface area contributed by atoms with Gasteiger partial charge in [0.25, 0.3) is 0 Å². The lowest BCUT2D eigenvalue weighted by Gasteiger charge is -2.46. The highest BCUT2D eigenvalue weighted by Gasteiger charge is 2.42. The summed E-state index contributed by atoms with van der Waals surface area (Å²) in [5, 5.41) is 3.07. The third-order valence-corrected chi connectivity index (χ3v) is 6.82. The van der Waals surface area contributed by atoms with Gasteiger partial charge in [0.15, 0.2) is 11.5 Å². The van der Waals surface area contributed by atoms with Gasteiger partial charge in [-0.3, -0.25) is 0 Å². The van der Waals surface area contributed by atoms with E-state index in [0.717, 1.165) is 49.5 Å². The zero-order valence-electron chi connectivity index (χ0n) is 20.5. The van der Waals surface area contributed by atoms with E-state index in [1.54, 1.807) is 14.2 Å². The molecule has 8 nitrogen and oxygen atoms in total. The largest absolute Gasteiger partial charge is 0.493 e. The van der Waals surface area contributed by atoms with Crippen LogP contribution in [0.4, 0.5) is 11.6 Å². The van der Waals surface area contributed by atoms with Crippen LogP contribution in [0, 0.1) is 0 Å². The summed E-state index contributed by atoms with van der Waals surface area (Å²) in [6, 6.07) is 15.0. The summed E-state index contributed by atoms with van der Waals surface area (Å²) < 4.78 is 10.9. The molecule has 0 radical (unpaired) electrons. The monoisotopic (exact) mass is 476 g/mol. The Morgan fingerprint density at radius 1 is 0.971 bits per heavy atom. The van der Waals surface area contributed by atoms with E-state index in [1.807, 2.05) is 32.9 Å². The zero-order valence-corrected chi connectivity index (χ0v) is 20.5. The summed E-state index contributed by atoms with van der Waals surface area (Å²) in [4.78, 5) is 27.7. The third kappa shape index (κ3) is 4.82. The van der Waals surface area contributed by atoms with Gasteiger partial charge in [0.1, 0.15) is 13.6 Å². The number of benzene rings is 2. The van der Waals surface area contributed by atoms with Crippen LogP contribution >= 0.6 is 0 Å². The van der Waals surface area contributed by atoms with Gasteiger partial charge in [-0.2, -0.15) is 0 Å². The first-order valence-electron chi connectivity index (χ1n) is 11.4. The number of anilines is 2. The van der Waals surface area contributed by atoms with Gasteiger partial charge in [-0.15, -0.1) is 0 Å². The second-order valence-corrected chi connectivity index (χ2v) is 8.35. The van der Waals surface area contributed by atoms with Crippen LogP contribution in [0.25, 0.3) is 11.3 Å². The van der Waals surface area contributed by atoms with Crippen molar-refractivity contribution in [3.05, 3.63) is 59.8 Å². The molecule has 8 heteroatoms. The van der Waals surface area contributed by atoms with Crippen molar-refractivity contribution < 1.29 is 19.1 Å². The topological polar surface area (TPSA) is 93.7 Å². The van der Waals surface area contributed by atoms with Crippen molar-refractivity contribution in [1.82, 2.24) is 9.97 Å². The number of hydrogen-bond donors (Lipinski definition) is 1. The van der Waals surface area contributed by atoms with E-state index in [2.05, 4.69) is 51.6 Å². The molecule has 35 heavy (non-hydrogen) atoms. The Labute approximate surface area is 206 Å². The lowest BCUT2D eigenvalue weighted by atomic mass is 9.64. The Bertz CT molecular complexity index is 1140. The minimum Gasteiger partial charge on any atom is -0.493 e. The number of nitrogens with zero attached hydrogens (tertiary/aromatic N) is 3. The molecule has 5 rings (SSSR count). The summed E-state index contributed by atoms with van der Waals surface area (Å²) in [5.74, 6) is 2.21. The third-order valence-electron chi connectivity index (χ3n) is 6.82. The number of carbonyl (C=O) groups excluding carboxylic acids is 2. The lowest BCUT2D eigenvalue weighted by molar-refractivity contribution is -0.0987. The highest BCUT2D eigenvalue weighted by molar-refractivity contribution is 5.73. The molecule has 1 aromatic heterocycles. The van der Waals surface area contributed by atoms with Gasteiger partial charge in [0.05, 0.1) is 19.9 Å². The normalized spacial score (nSPS) is 14.8. The minimum absolute atomic E-state index is 0.126. The van der Waals surface area contributed by atoms with E-state index >= 15 is 0 Å². The van der Waals surface area contributed by atoms with E-state index in [9.17, 15) is 0 Å². The molecule has 0 atom stereocenters. The minimum atomic E-state index is 0.126. The summed E-state index contributed by atoms with van der Waals surface area (Å²) in [5.41, 5.74) is 6.30. The quantitative estimate of drug-likeness (QED) is 0.606. The number of rotatable bonds is 4. The van der Waals surface area contributed by atoms with Gasteiger partial charge in [-0.1, -0.05) is 24.3 Å². The molecule has 1 spiro atoms. The predicted octanol–water partition coefficient (Wildman–Crippen LogP) is 3.93. The fraction of sp³-hybridized carbons (Fsp3) is 0.333. The Morgan fingerprint density at radius 2 is 1.66 bits per heavy atom. The van der Waals surface area contributed by atoms with E-state index < -0.39 is 0 Å². The van der Waals surface area contributed by atoms with Crippen LogP contribution in [0.1, 0.15) is 24.0 Å². The van der Waals surface area contributed by atoms with Crippen LogP contribution in [0.3, 0.4) is 0 Å².